The van der Waals surface area contributed by atoms with Crippen LogP contribution in [0.25, 0.3) is 0 Å². The van der Waals surface area contributed by atoms with Crippen LogP contribution in [0.3, 0.4) is 0 Å². The van der Waals surface area contributed by atoms with Crippen LogP contribution in [0.5, 0.6) is 0 Å². The highest BCUT2D eigenvalue weighted by atomic mass is 32.2. The maximum atomic E-state index is 12.3. The standard InChI is InChI=1S/C16H23N3O5S/c1-11(2)24-16(21)13-3-5-14(6-4-13)18-15(20)12-7-9-19(10-8-12)25(17,22)23/h3-6,11-12H,7-10H2,1-2H3,(H,18,20)(H2,17,22,23). The van der Waals surface area contributed by atoms with Gasteiger partial charge in [0, 0.05) is 24.7 Å². The predicted molar refractivity (Wildman–Crippen MR) is 93.0 cm³/mol. The maximum absolute atomic E-state index is 12.3. The fourth-order valence-corrected chi connectivity index (χ4v) is 3.31. The number of piperidine rings is 1. The largest absolute Gasteiger partial charge is 0.459 e. The molecule has 0 aliphatic carbocycles. The number of rotatable bonds is 5. The van der Waals surface area contributed by atoms with Crippen LogP contribution < -0.4 is 10.5 Å². The van der Waals surface area contributed by atoms with Crippen molar-refractivity contribution in [3.63, 3.8) is 0 Å². The zero-order valence-corrected chi connectivity index (χ0v) is 15.1. The predicted octanol–water partition coefficient (Wildman–Crippen LogP) is 1.11. The molecule has 0 atom stereocenters. The van der Waals surface area contributed by atoms with Crippen molar-refractivity contribution >= 4 is 27.8 Å². The van der Waals surface area contributed by atoms with Crippen LogP contribution in [0.2, 0.25) is 0 Å². The minimum atomic E-state index is -3.70. The summed E-state index contributed by atoms with van der Waals surface area (Å²) in [5, 5.41) is 7.87. The molecule has 0 unspecified atom stereocenters. The van der Waals surface area contributed by atoms with E-state index in [1.807, 2.05) is 0 Å². The van der Waals surface area contributed by atoms with E-state index in [-0.39, 0.29) is 31.0 Å². The van der Waals surface area contributed by atoms with Gasteiger partial charge in [-0.2, -0.15) is 12.7 Å². The molecule has 8 nitrogen and oxygen atoms in total. The highest BCUT2D eigenvalue weighted by Crippen LogP contribution is 2.21. The Morgan fingerprint density at radius 2 is 1.76 bits per heavy atom. The summed E-state index contributed by atoms with van der Waals surface area (Å²) >= 11 is 0. The van der Waals surface area contributed by atoms with Gasteiger partial charge in [-0.15, -0.1) is 0 Å². The zero-order chi connectivity index (χ0) is 18.6. The monoisotopic (exact) mass is 369 g/mol. The number of anilines is 1. The number of carbonyl (C=O) groups is 2. The van der Waals surface area contributed by atoms with Crippen molar-refractivity contribution in [2.45, 2.75) is 32.8 Å². The number of hydrogen-bond acceptors (Lipinski definition) is 5. The second-order valence-electron chi connectivity index (χ2n) is 6.24. The quantitative estimate of drug-likeness (QED) is 0.754. The number of hydrogen-bond donors (Lipinski definition) is 2. The lowest BCUT2D eigenvalue weighted by Crippen LogP contribution is -2.44. The molecular formula is C16H23N3O5S. The van der Waals surface area contributed by atoms with Crippen LogP contribution in [0, 0.1) is 5.92 Å². The van der Waals surface area contributed by atoms with Crippen molar-refractivity contribution in [3.05, 3.63) is 29.8 Å². The first-order valence-electron chi connectivity index (χ1n) is 8.06. The van der Waals surface area contributed by atoms with Crippen molar-refractivity contribution in [3.8, 4) is 0 Å². The van der Waals surface area contributed by atoms with Gasteiger partial charge in [-0.3, -0.25) is 4.79 Å². The number of ether oxygens (including phenoxy) is 1. The van der Waals surface area contributed by atoms with Gasteiger partial charge in [-0.25, -0.2) is 9.93 Å². The SMILES string of the molecule is CC(C)OC(=O)c1ccc(NC(=O)C2CCN(S(N)(=O)=O)CC2)cc1. The van der Waals surface area contributed by atoms with Gasteiger partial charge in [0.15, 0.2) is 0 Å². The summed E-state index contributed by atoms with van der Waals surface area (Å²) in [6.45, 7) is 4.01. The second-order valence-corrected chi connectivity index (χ2v) is 7.79. The highest BCUT2D eigenvalue weighted by molar-refractivity contribution is 7.86. The highest BCUT2D eigenvalue weighted by Gasteiger charge is 2.29. The van der Waals surface area contributed by atoms with Gasteiger partial charge in [0.25, 0.3) is 10.2 Å². The first kappa shape index (κ1) is 19.4. The van der Waals surface area contributed by atoms with Crippen molar-refractivity contribution in [1.29, 1.82) is 0 Å². The Morgan fingerprint density at radius 3 is 2.24 bits per heavy atom. The summed E-state index contributed by atoms with van der Waals surface area (Å²) < 4.78 is 28.8. The number of nitrogens with zero attached hydrogens (tertiary/aromatic N) is 1. The average Bonchev–Trinajstić information content (AvgIpc) is 2.54. The lowest BCUT2D eigenvalue weighted by molar-refractivity contribution is -0.120. The molecule has 1 aromatic carbocycles. The molecule has 9 heteroatoms. The third kappa shape index (κ3) is 5.52. The lowest BCUT2D eigenvalue weighted by atomic mass is 9.97. The number of esters is 1. The summed E-state index contributed by atoms with van der Waals surface area (Å²) in [5.41, 5.74) is 0.980. The van der Waals surface area contributed by atoms with Crippen LogP contribution >= 0.6 is 0 Å². The molecule has 1 aliphatic heterocycles. The minimum absolute atomic E-state index is 0.174. The van der Waals surface area contributed by atoms with Crippen LogP contribution in [0.4, 0.5) is 5.69 Å². The molecule has 0 spiro atoms. The van der Waals surface area contributed by atoms with Crippen molar-refractivity contribution in [1.82, 2.24) is 4.31 Å². The van der Waals surface area contributed by atoms with Crippen LogP contribution in [0.1, 0.15) is 37.0 Å². The molecule has 138 valence electrons. The van der Waals surface area contributed by atoms with Gasteiger partial charge in [0.2, 0.25) is 5.91 Å². The summed E-state index contributed by atoms with van der Waals surface area (Å²) in [5.74, 6) is -0.863. The van der Waals surface area contributed by atoms with E-state index < -0.39 is 16.2 Å². The first-order chi connectivity index (χ1) is 11.7. The van der Waals surface area contributed by atoms with E-state index in [4.69, 9.17) is 9.88 Å². The molecule has 2 rings (SSSR count). The van der Waals surface area contributed by atoms with Crippen LogP contribution in [-0.4, -0.2) is 43.8 Å². The van der Waals surface area contributed by atoms with Crippen molar-refractivity contribution in [2.75, 3.05) is 18.4 Å². The molecule has 0 saturated carbocycles. The van der Waals surface area contributed by atoms with E-state index >= 15 is 0 Å². The van der Waals surface area contributed by atoms with Gasteiger partial charge in [0.05, 0.1) is 11.7 Å². The second kappa shape index (κ2) is 7.94. The summed E-state index contributed by atoms with van der Waals surface area (Å²) in [7, 11) is -3.70. The van der Waals surface area contributed by atoms with Gasteiger partial charge < -0.3 is 10.1 Å². The third-order valence-corrected chi connectivity index (χ3v) is 5.00. The summed E-state index contributed by atoms with van der Waals surface area (Å²) in [4.78, 5) is 24.1. The Bertz CT molecular complexity index is 723. The molecule has 0 aromatic heterocycles. The van der Waals surface area contributed by atoms with E-state index in [9.17, 15) is 18.0 Å². The Kier molecular flexibility index (Phi) is 6.15. The van der Waals surface area contributed by atoms with E-state index in [1.54, 1.807) is 38.1 Å². The molecule has 1 heterocycles. The third-order valence-electron chi connectivity index (χ3n) is 3.92. The van der Waals surface area contributed by atoms with Gasteiger partial charge >= 0.3 is 5.97 Å². The van der Waals surface area contributed by atoms with Crippen molar-refractivity contribution in [2.24, 2.45) is 11.1 Å². The fourth-order valence-electron chi connectivity index (χ4n) is 2.59. The summed E-state index contributed by atoms with van der Waals surface area (Å²) in [6.07, 6.45) is 0.636. The Morgan fingerprint density at radius 1 is 1.20 bits per heavy atom. The van der Waals surface area contributed by atoms with Crippen LogP contribution in [-0.2, 0) is 19.7 Å². The van der Waals surface area contributed by atoms with Gasteiger partial charge in [0.1, 0.15) is 0 Å². The fraction of sp³-hybridized carbons (Fsp3) is 0.500. The lowest BCUT2D eigenvalue weighted by Gasteiger charge is -2.29. The molecule has 3 N–H and O–H groups in total. The Hall–Kier alpha value is -1.97. The topological polar surface area (TPSA) is 119 Å². The zero-order valence-electron chi connectivity index (χ0n) is 14.3. The smallest absolute Gasteiger partial charge is 0.338 e. The normalized spacial score (nSPS) is 16.6. The molecular weight excluding hydrogens is 346 g/mol. The Labute approximate surface area is 147 Å². The molecule has 0 bridgehead atoms. The summed E-state index contributed by atoms with van der Waals surface area (Å²) in [6, 6.07) is 6.44. The molecule has 0 radical (unpaired) electrons. The first-order valence-corrected chi connectivity index (χ1v) is 9.57. The van der Waals surface area contributed by atoms with Crippen molar-refractivity contribution < 1.29 is 22.7 Å². The van der Waals surface area contributed by atoms with E-state index in [0.29, 0.717) is 24.1 Å². The maximum Gasteiger partial charge on any atom is 0.338 e. The molecule has 1 amide bonds. The molecule has 1 saturated heterocycles. The number of carbonyl (C=O) groups excluding carboxylic acids is 2. The molecule has 25 heavy (non-hydrogen) atoms. The Balaban J connectivity index is 1.90. The average molecular weight is 369 g/mol. The van der Waals surface area contributed by atoms with E-state index in [2.05, 4.69) is 5.32 Å². The number of nitrogens with two attached hydrogens (primary N) is 1. The van der Waals surface area contributed by atoms with Gasteiger partial charge in [-0.05, 0) is 51.0 Å². The minimum Gasteiger partial charge on any atom is -0.459 e. The number of nitrogens with one attached hydrogen (secondary N) is 1. The van der Waals surface area contributed by atoms with Gasteiger partial charge in [-0.1, -0.05) is 0 Å². The number of benzene rings is 1. The van der Waals surface area contributed by atoms with Crippen LogP contribution in [0.15, 0.2) is 24.3 Å². The molecule has 1 aromatic rings. The molecule has 1 aliphatic rings. The molecule has 1 fully saturated rings. The number of amides is 1. The van der Waals surface area contributed by atoms with E-state index in [1.165, 1.54) is 4.31 Å². The van der Waals surface area contributed by atoms with E-state index in [0.717, 1.165) is 0 Å².